The van der Waals surface area contributed by atoms with Crippen molar-refractivity contribution in [1.82, 2.24) is 0 Å². The quantitative estimate of drug-likeness (QED) is 0.338. The van der Waals surface area contributed by atoms with Gasteiger partial charge in [0.15, 0.2) is 0 Å². The van der Waals surface area contributed by atoms with E-state index in [-0.39, 0.29) is 26.2 Å². The Hall–Kier alpha value is -0.243. The maximum atomic E-state index is 3.90. The van der Waals surface area contributed by atoms with Crippen molar-refractivity contribution >= 4 is 16.1 Å². The molecule has 1 aliphatic rings. The molecule has 26 heavy (non-hydrogen) atoms. The van der Waals surface area contributed by atoms with Gasteiger partial charge in [0.1, 0.15) is 0 Å². The van der Waals surface area contributed by atoms with Gasteiger partial charge in [-0.1, -0.05) is 53.1 Å². The van der Waals surface area contributed by atoms with Crippen molar-refractivity contribution in [2.45, 2.75) is 53.1 Å². The van der Waals surface area contributed by atoms with Crippen molar-refractivity contribution in [1.29, 1.82) is 0 Å². The number of hydrogen-bond acceptors (Lipinski definition) is 0. The van der Waals surface area contributed by atoms with Crippen LogP contribution in [0.4, 0.5) is 0 Å². The minimum Gasteiger partial charge on any atom is -0.748 e. The van der Waals surface area contributed by atoms with Crippen LogP contribution >= 0.6 is 0 Å². The number of allylic oxidation sites excluding steroid dienone is 1. The van der Waals surface area contributed by atoms with E-state index in [0.717, 1.165) is 5.92 Å². The maximum absolute atomic E-state index is 3.90. The molecule has 2 aromatic rings. The van der Waals surface area contributed by atoms with Crippen LogP contribution in [0.3, 0.4) is 0 Å². The molecule has 1 atom stereocenters. The van der Waals surface area contributed by atoms with Crippen LogP contribution in [0.1, 0.15) is 13.8 Å². The molecule has 0 nitrogen and oxygen atoms in total. The predicted octanol–water partition coefficient (Wildman–Crippen LogP) is 7.14. The first-order chi connectivity index (χ1) is 11.4. The summed E-state index contributed by atoms with van der Waals surface area (Å²) in [4.78, 5) is 0. The van der Waals surface area contributed by atoms with Gasteiger partial charge in [-0.2, -0.15) is 23.6 Å². The molecule has 0 radical (unpaired) electrons. The van der Waals surface area contributed by atoms with Crippen LogP contribution in [0.2, 0.25) is 39.3 Å². The minimum atomic E-state index is -1.19. The molecule has 2 aromatic carbocycles. The van der Waals surface area contributed by atoms with Gasteiger partial charge in [-0.3, -0.25) is 5.20 Å². The molecule has 148 valence electrons. The summed E-state index contributed by atoms with van der Waals surface area (Å²) in [5.74, 6) is 0.732. The molecule has 1 fully saturated rings. The smallest absolute Gasteiger partial charge is 0.0343 e. The zero-order valence-corrected chi connectivity index (χ0v) is 22.4. The van der Waals surface area contributed by atoms with Crippen molar-refractivity contribution in [3.63, 3.8) is 0 Å². The van der Waals surface area contributed by atoms with Crippen LogP contribution in [-0.4, -0.2) is 16.1 Å². The van der Waals surface area contributed by atoms with E-state index in [1.54, 1.807) is 5.20 Å². The summed E-state index contributed by atoms with van der Waals surface area (Å²) in [6.45, 7) is 19.2. The van der Waals surface area contributed by atoms with E-state index in [9.17, 15) is 0 Å². The Morgan fingerprint density at radius 3 is 1.42 bits per heavy atom. The first-order valence-corrected chi connectivity index (χ1v) is 16.3. The van der Waals surface area contributed by atoms with Crippen molar-refractivity contribution in [3.8, 4) is 0 Å². The summed E-state index contributed by atoms with van der Waals surface area (Å²) in [6, 6.07) is 20.0. The Bertz CT molecular complexity index is 533. The topological polar surface area (TPSA) is 0 Å². The Balaban J connectivity index is 0.000000460. The van der Waals surface area contributed by atoms with Crippen LogP contribution in [0.5, 0.6) is 0 Å². The Kier molecular flexibility index (Phi) is 10.8. The van der Waals surface area contributed by atoms with E-state index < -0.39 is 16.1 Å². The molecule has 3 heteroatoms. The molecule has 0 amide bonds. The molecule has 0 aromatic heterocycles. The van der Waals surface area contributed by atoms with Crippen molar-refractivity contribution < 1.29 is 26.2 Å². The molecule has 0 bridgehead atoms. The van der Waals surface area contributed by atoms with Gasteiger partial charge in [0, 0.05) is 34.3 Å². The van der Waals surface area contributed by atoms with E-state index >= 15 is 0 Å². The summed E-state index contributed by atoms with van der Waals surface area (Å²) >= 11 is 0. The van der Waals surface area contributed by atoms with Crippen molar-refractivity contribution in [3.05, 3.63) is 78.0 Å². The second-order valence-corrected chi connectivity index (χ2v) is 19.2. The normalized spacial score (nSPS) is 18.5. The van der Waals surface area contributed by atoms with Gasteiger partial charge < -0.3 is 42.5 Å². The van der Waals surface area contributed by atoms with Gasteiger partial charge in [-0.05, 0) is 0 Å². The average Bonchev–Trinajstić information content (AvgIpc) is 3.01. The molecule has 1 aliphatic carbocycles. The summed E-state index contributed by atoms with van der Waals surface area (Å²) in [7, 11) is -2.36. The average molecular weight is 460 g/mol. The molecule has 1 saturated carbocycles. The van der Waals surface area contributed by atoms with Crippen LogP contribution in [0, 0.1) is 23.5 Å². The van der Waals surface area contributed by atoms with Crippen LogP contribution in [0.25, 0.3) is 0 Å². The number of hydrogen-bond donors (Lipinski definition) is 0. The molecule has 1 unspecified atom stereocenters. The van der Waals surface area contributed by atoms with Gasteiger partial charge in [-0.15, -0.1) is 8.07 Å². The molecule has 0 N–H and O–H groups in total. The summed E-state index contributed by atoms with van der Waals surface area (Å²) in [5.41, 5.74) is 4.35. The van der Waals surface area contributed by atoms with Gasteiger partial charge in [-0.25, -0.2) is 18.1 Å². The Morgan fingerprint density at radius 1 is 0.846 bits per heavy atom. The largest absolute Gasteiger partial charge is 0.748 e. The van der Waals surface area contributed by atoms with Gasteiger partial charge in [0.25, 0.3) is 0 Å². The van der Waals surface area contributed by atoms with E-state index in [2.05, 4.69) is 65.2 Å². The standard InChI is InChI=1S/C13H26Si2.2C5H5.Zr/c1-13(2)9-11(13)12(15(6,7)8)10-14(3,4)5;2*1-2-4-5-3-1;/h9,11H,1-8H3;2*1-5H;/q-2;-5;-1;. The molecule has 3 rings (SSSR count). The van der Waals surface area contributed by atoms with Crippen LogP contribution in [-0.2, 0) is 26.2 Å². The fourth-order valence-electron chi connectivity index (χ4n) is 2.61. The molecule has 0 spiro atoms. The first-order valence-electron chi connectivity index (χ1n) is 9.28. The third-order valence-corrected chi connectivity index (χ3v) is 7.35. The van der Waals surface area contributed by atoms with Gasteiger partial charge in [0.05, 0.1) is 0 Å². The van der Waals surface area contributed by atoms with Crippen LogP contribution < -0.4 is 0 Å². The zero-order valence-electron chi connectivity index (χ0n) is 17.9. The monoisotopic (exact) mass is 458 g/mol. The molecular weight excluding hydrogens is 424 g/mol. The molecule has 0 saturated heterocycles. The summed E-state index contributed by atoms with van der Waals surface area (Å²) in [5, 5.41) is 1.69. The minimum absolute atomic E-state index is 0. The molecular formula is C23H36Si2Zr-8. The zero-order chi connectivity index (χ0) is 19.1. The summed E-state index contributed by atoms with van der Waals surface area (Å²) < 4.78 is 0. The van der Waals surface area contributed by atoms with E-state index in [4.69, 9.17) is 0 Å². The van der Waals surface area contributed by atoms with E-state index in [1.807, 2.05) is 60.7 Å². The Morgan fingerprint density at radius 2 is 1.23 bits per heavy atom. The van der Waals surface area contributed by atoms with E-state index in [1.165, 1.54) is 0 Å². The number of rotatable bonds is 3. The third-order valence-electron chi connectivity index (χ3n) is 4.03. The first kappa shape index (κ1) is 25.8. The second kappa shape index (κ2) is 10.9. The third kappa shape index (κ3) is 10.8. The van der Waals surface area contributed by atoms with Gasteiger partial charge in [0.2, 0.25) is 0 Å². The predicted molar refractivity (Wildman–Crippen MR) is 119 cm³/mol. The van der Waals surface area contributed by atoms with E-state index in [0.29, 0.717) is 5.41 Å². The fraction of sp³-hybridized carbons (Fsp3) is 0.435. The molecule has 0 aliphatic heterocycles. The summed E-state index contributed by atoms with van der Waals surface area (Å²) in [6.07, 6.45) is 2.49. The van der Waals surface area contributed by atoms with Gasteiger partial charge >= 0.3 is 0 Å². The van der Waals surface area contributed by atoms with Crippen molar-refractivity contribution in [2.24, 2.45) is 11.3 Å². The van der Waals surface area contributed by atoms with Crippen LogP contribution in [0.15, 0.2) is 65.9 Å². The Labute approximate surface area is 184 Å². The van der Waals surface area contributed by atoms with Crippen molar-refractivity contribution in [2.75, 3.05) is 0 Å². The SMILES string of the molecule is CC1(C)[CH-]C1C(=[C-][Si](C)(C)C)[Si](C)(C)C.[Zr].[cH-]1[cH-][cH-][cH-][cH-]1.c1cc[cH-]c1. The molecule has 0 heterocycles. The fourth-order valence-corrected chi connectivity index (χ4v) is 7.59. The maximum Gasteiger partial charge on any atom is 0.0343 e. The second-order valence-electron chi connectivity index (χ2n) is 9.43.